The van der Waals surface area contributed by atoms with E-state index in [-0.39, 0.29) is 11.6 Å². The zero-order valence-electron chi connectivity index (χ0n) is 9.25. The zero-order valence-corrected chi connectivity index (χ0v) is 9.25. The van der Waals surface area contributed by atoms with E-state index in [9.17, 15) is 13.6 Å². The summed E-state index contributed by atoms with van der Waals surface area (Å²) in [5.41, 5.74) is 5.92. The lowest BCUT2D eigenvalue weighted by molar-refractivity contribution is -0.117. The molecule has 3 nitrogen and oxygen atoms in total. The number of amides is 1. The fourth-order valence-electron chi connectivity index (χ4n) is 1.63. The number of carbonyl (C=O) groups excluding carboxylic acids is 1. The minimum atomic E-state index is -0.987. The summed E-state index contributed by atoms with van der Waals surface area (Å²) in [7, 11) is 0. The highest BCUT2D eigenvalue weighted by Gasteiger charge is 2.27. The van der Waals surface area contributed by atoms with Gasteiger partial charge in [-0.3, -0.25) is 4.79 Å². The molecular weight excluding hydrogens is 226 g/mol. The molecule has 1 amide bonds. The van der Waals surface area contributed by atoms with Crippen LogP contribution in [0.2, 0.25) is 0 Å². The molecule has 1 aliphatic rings. The van der Waals surface area contributed by atoms with E-state index in [1.165, 1.54) is 6.07 Å². The molecule has 0 aliphatic heterocycles. The van der Waals surface area contributed by atoms with Crippen molar-refractivity contribution in [2.75, 3.05) is 5.32 Å². The molecule has 0 spiro atoms. The Morgan fingerprint density at radius 1 is 1.41 bits per heavy atom. The zero-order chi connectivity index (χ0) is 12.4. The van der Waals surface area contributed by atoms with Crippen molar-refractivity contribution in [1.29, 1.82) is 0 Å². The van der Waals surface area contributed by atoms with Crippen molar-refractivity contribution in [1.82, 2.24) is 0 Å². The third kappa shape index (κ3) is 3.23. The molecule has 0 bridgehead atoms. The van der Waals surface area contributed by atoms with Crippen LogP contribution in [-0.4, -0.2) is 11.9 Å². The highest BCUT2D eigenvalue weighted by Crippen LogP contribution is 2.33. The lowest BCUT2D eigenvalue weighted by Crippen LogP contribution is -2.36. The average Bonchev–Trinajstić information content (AvgIpc) is 3.07. The number of carbonyl (C=O) groups is 1. The minimum absolute atomic E-state index is 0.222. The van der Waals surface area contributed by atoms with Crippen molar-refractivity contribution < 1.29 is 13.6 Å². The molecule has 1 aromatic carbocycles. The summed E-state index contributed by atoms with van der Waals surface area (Å²) >= 11 is 0. The van der Waals surface area contributed by atoms with Gasteiger partial charge in [-0.2, -0.15) is 0 Å². The maximum Gasteiger partial charge on any atom is 0.241 e. The Morgan fingerprint density at radius 3 is 2.71 bits per heavy atom. The third-order valence-corrected chi connectivity index (χ3v) is 2.81. The van der Waals surface area contributed by atoms with Gasteiger partial charge in [0.2, 0.25) is 5.91 Å². The normalized spacial score (nSPS) is 16.6. The molecule has 0 saturated heterocycles. The van der Waals surface area contributed by atoms with Gasteiger partial charge in [0, 0.05) is 11.8 Å². The van der Waals surface area contributed by atoms with Gasteiger partial charge in [0.1, 0.15) is 0 Å². The van der Waals surface area contributed by atoms with Crippen molar-refractivity contribution in [2.24, 2.45) is 11.7 Å². The summed E-state index contributed by atoms with van der Waals surface area (Å²) in [6, 6.07) is 2.63. The van der Waals surface area contributed by atoms with E-state index in [1.54, 1.807) is 0 Å². The fraction of sp³-hybridized carbons (Fsp3) is 0.417. The van der Waals surface area contributed by atoms with Gasteiger partial charge >= 0.3 is 0 Å². The number of halogens is 2. The van der Waals surface area contributed by atoms with Crippen LogP contribution < -0.4 is 11.1 Å². The predicted molar refractivity (Wildman–Crippen MR) is 60.3 cm³/mol. The second-order valence-corrected chi connectivity index (χ2v) is 4.40. The summed E-state index contributed by atoms with van der Waals surface area (Å²) in [5.74, 6) is -1.74. The summed E-state index contributed by atoms with van der Waals surface area (Å²) in [5, 5.41) is 2.47. The number of nitrogens with two attached hydrogens (primary N) is 1. The predicted octanol–water partition coefficient (Wildman–Crippen LogP) is 2.03. The quantitative estimate of drug-likeness (QED) is 0.846. The first-order chi connectivity index (χ1) is 8.06. The van der Waals surface area contributed by atoms with E-state index in [0.29, 0.717) is 12.3 Å². The Balaban J connectivity index is 1.94. The molecule has 3 N–H and O–H groups in total. The Morgan fingerprint density at radius 2 is 2.12 bits per heavy atom. The molecule has 0 radical (unpaired) electrons. The maximum atomic E-state index is 12.9. The first-order valence-electron chi connectivity index (χ1n) is 5.58. The number of hydrogen-bond donors (Lipinski definition) is 2. The molecule has 1 fully saturated rings. The van der Waals surface area contributed by atoms with Gasteiger partial charge in [-0.25, -0.2) is 8.78 Å². The standard InChI is InChI=1S/C12H14F2N2O/c13-9-4-3-8(6-10(9)14)16-12(17)11(15)5-7-1-2-7/h3-4,6-7,11H,1-2,5,15H2,(H,16,17)/t11-/m0/s1. The summed E-state index contributed by atoms with van der Waals surface area (Å²) in [6.45, 7) is 0. The SMILES string of the molecule is N[C@@H](CC1CC1)C(=O)Nc1ccc(F)c(F)c1. The number of anilines is 1. The first-order valence-corrected chi connectivity index (χ1v) is 5.58. The van der Waals surface area contributed by atoms with Crippen molar-refractivity contribution in [3.63, 3.8) is 0 Å². The van der Waals surface area contributed by atoms with Crippen LogP contribution in [0.15, 0.2) is 18.2 Å². The number of rotatable bonds is 4. The smallest absolute Gasteiger partial charge is 0.241 e. The van der Waals surface area contributed by atoms with Crippen LogP contribution in [0.25, 0.3) is 0 Å². The lowest BCUT2D eigenvalue weighted by Gasteiger charge is -2.11. The van der Waals surface area contributed by atoms with Gasteiger partial charge in [0.25, 0.3) is 0 Å². The molecule has 1 atom stereocenters. The molecular formula is C12H14F2N2O. The van der Waals surface area contributed by atoms with E-state index in [2.05, 4.69) is 5.32 Å². The average molecular weight is 240 g/mol. The van der Waals surface area contributed by atoms with Crippen LogP contribution >= 0.6 is 0 Å². The second-order valence-electron chi connectivity index (χ2n) is 4.40. The molecule has 1 saturated carbocycles. The highest BCUT2D eigenvalue weighted by atomic mass is 19.2. The molecule has 17 heavy (non-hydrogen) atoms. The second kappa shape index (κ2) is 4.79. The molecule has 0 unspecified atom stereocenters. The molecule has 5 heteroatoms. The fourth-order valence-corrected chi connectivity index (χ4v) is 1.63. The van der Waals surface area contributed by atoms with Crippen LogP contribution in [0.5, 0.6) is 0 Å². The largest absolute Gasteiger partial charge is 0.325 e. The van der Waals surface area contributed by atoms with E-state index in [1.807, 2.05) is 0 Å². The number of hydrogen-bond acceptors (Lipinski definition) is 2. The Hall–Kier alpha value is -1.49. The molecule has 1 aromatic rings. The Bertz CT molecular complexity index is 433. The van der Waals surface area contributed by atoms with Gasteiger partial charge in [-0.1, -0.05) is 12.8 Å². The number of benzene rings is 1. The Kier molecular flexibility index (Phi) is 3.38. The van der Waals surface area contributed by atoms with E-state index < -0.39 is 17.7 Å². The van der Waals surface area contributed by atoms with Crippen LogP contribution in [-0.2, 0) is 4.79 Å². The van der Waals surface area contributed by atoms with Crippen LogP contribution in [0.3, 0.4) is 0 Å². The third-order valence-electron chi connectivity index (χ3n) is 2.81. The highest BCUT2D eigenvalue weighted by molar-refractivity contribution is 5.94. The van der Waals surface area contributed by atoms with Gasteiger partial charge in [-0.05, 0) is 24.5 Å². The van der Waals surface area contributed by atoms with Gasteiger partial charge < -0.3 is 11.1 Å². The molecule has 2 rings (SSSR count). The van der Waals surface area contributed by atoms with Crippen molar-refractivity contribution in [3.8, 4) is 0 Å². The first kappa shape index (κ1) is 12.0. The van der Waals surface area contributed by atoms with E-state index in [0.717, 1.165) is 25.0 Å². The maximum absolute atomic E-state index is 12.9. The molecule has 0 heterocycles. The van der Waals surface area contributed by atoms with Crippen molar-refractivity contribution in [3.05, 3.63) is 29.8 Å². The van der Waals surface area contributed by atoms with Crippen molar-refractivity contribution >= 4 is 11.6 Å². The van der Waals surface area contributed by atoms with E-state index in [4.69, 9.17) is 5.73 Å². The number of nitrogens with one attached hydrogen (secondary N) is 1. The lowest BCUT2D eigenvalue weighted by atomic mass is 10.1. The van der Waals surface area contributed by atoms with Gasteiger partial charge in [-0.15, -0.1) is 0 Å². The van der Waals surface area contributed by atoms with E-state index >= 15 is 0 Å². The summed E-state index contributed by atoms with van der Waals surface area (Å²) in [6.07, 6.45) is 2.88. The van der Waals surface area contributed by atoms with Crippen LogP contribution in [0.1, 0.15) is 19.3 Å². The monoisotopic (exact) mass is 240 g/mol. The van der Waals surface area contributed by atoms with Crippen LogP contribution in [0, 0.1) is 17.6 Å². The summed E-state index contributed by atoms with van der Waals surface area (Å²) < 4.78 is 25.6. The topological polar surface area (TPSA) is 55.1 Å². The van der Waals surface area contributed by atoms with Crippen molar-refractivity contribution in [2.45, 2.75) is 25.3 Å². The van der Waals surface area contributed by atoms with Gasteiger partial charge in [0.05, 0.1) is 6.04 Å². The molecule has 1 aliphatic carbocycles. The molecule has 0 aromatic heterocycles. The minimum Gasteiger partial charge on any atom is -0.325 e. The summed E-state index contributed by atoms with van der Waals surface area (Å²) in [4.78, 5) is 11.6. The van der Waals surface area contributed by atoms with Gasteiger partial charge in [0.15, 0.2) is 11.6 Å². The van der Waals surface area contributed by atoms with Crippen LogP contribution in [0.4, 0.5) is 14.5 Å². The Labute approximate surface area is 98.0 Å². The molecule has 92 valence electrons.